The number of hydrogen-bond acceptors (Lipinski definition) is 3. The Morgan fingerprint density at radius 1 is 1.33 bits per heavy atom. The third-order valence-corrected chi connectivity index (χ3v) is 2.64. The molecule has 3 nitrogen and oxygen atoms in total. The second kappa shape index (κ2) is 7.23. The van der Waals surface area contributed by atoms with E-state index < -0.39 is 11.6 Å². The largest absolute Gasteiger partial charge is 0.389 e. The van der Waals surface area contributed by atoms with Crippen LogP contribution in [0.3, 0.4) is 0 Å². The number of anilines is 1. The van der Waals surface area contributed by atoms with Gasteiger partial charge in [-0.3, -0.25) is 0 Å². The topological polar surface area (TPSA) is 47.3 Å². The summed E-state index contributed by atoms with van der Waals surface area (Å²) in [6.45, 7) is 1.11. The van der Waals surface area contributed by atoms with Crippen LogP contribution in [0.25, 0.3) is 0 Å². The number of rotatable bonds is 7. The Morgan fingerprint density at radius 2 is 1.94 bits per heavy atom. The van der Waals surface area contributed by atoms with E-state index in [9.17, 15) is 8.78 Å². The molecule has 0 atom stereocenters. The first kappa shape index (κ1) is 14.8. The van der Waals surface area contributed by atoms with E-state index in [1.54, 1.807) is 7.11 Å². The van der Waals surface area contributed by atoms with Gasteiger partial charge in [-0.1, -0.05) is 12.2 Å². The molecule has 0 amide bonds. The molecule has 0 spiro atoms. The van der Waals surface area contributed by atoms with Crippen LogP contribution >= 0.6 is 12.2 Å². The summed E-state index contributed by atoms with van der Waals surface area (Å²) in [4.78, 5) is -0.0283. The Hall–Kier alpha value is -1.27. The Morgan fingerprint density at radius 3 is 2.44 bits per heavy atom. The molecule has 6 heteroatoms. The third kappa shape index (κ3) is 4.19. The van der Waals surface area contributed by atoms with Crippen LogP contribution in [0.1, 0.15) is 18.4 Å². The maximum atomic E-state index is 13.6. The van der Waals surface area contributed by atoms with Crippen LogP contribution in [0.4, 0.5) is 14.5 Å². The number of hydrogen-bond donors (Lipinski definition) is 2. The first-order valence-electron chi connectivity index (χ1n) is 5.58. The second-order valence-electron chi connectivity index (χ2n) is 3.81. The van der Waals surface area contributed by atoms with Crippen molar-refractivity contribution in [2.75, 3.05) is 25.6 Å². The van der Waals surface area contributed by atoms with E-state index in [0.29, 0.717) is 13.2 Å². The van der Waals surface area contributed by atoms with Crippen molar-refractivity contribution >= 4 is 22.9 Å². The lowest BCUT2D eigenvalue weighted by molar-refractivity contribution is 0.193. The zero-order valence-electron chi connectivity index (χ0n) is 10.1. The van der Waals surface area contributed by atoms with Gasteiger partial charge in [0.25, 0.3) is 0 Å². The number of thiocarbonyl (C=S) groups is 1. The molecule has 0 saturated heterocycles. The third-order valence-electron chi connectivity index (χ3n) is 2.40. The summed E-state index contributed by atoms with van der Waals surface area (Å²) in [6.07, 6.45) is 1.60. The molecule has 0 aliphatic heterocycles. The van der Waals surface area contributed by atoms with Crippen LogP contribution in [0.15, 0.2) is 12.1 Å². The van der Waals surface area contributed by atoms with E-state index in [4.69, 9.17) is 10.5 Å². The van der Waals surface area contributed by atoms with Gasteiger partial charge in [-0.25, -0.2) is 8.78 Å². The Bertz CT molecular complexity index is 404. The number of unbranched alkanes of at least 4 members (excludes halogenated alkanes) is 1. The lowest BCUT2D eigenvalue weighted by Gasteiger charge is -2.10. The zero-order chi connectivity index (χ0) is 13.5. The second-order valence-corrected chi connectivity index (χ2v) is 4.25. The monoisotopic (exact) mass is 274 g/mol. The summed E-state index contributed by atoms with van der Waals surface area (Å²) < 4.78 is 32.1. The quantitative estimate of drug-likeness (QED) is 0.592. The van der Waals surface area contributed by atoms with Gasteiger partial charge in [0.05, 0.1) is 0 Å². The minimum Gasteiger partial charge on any atom is -0.389 e. The van der Waals surface area contributed by atoms with Gasteiger partial charge >= 0.3 is 0 Å². The molecule has 3 N–H and O–H groups in total. The normalized spacial score (nSPS) is 10.4. The molecule has 100 valence electrons. The summed E-state index contributed by atoms with van der Waals surface area (Å²) in [5, 5.41) is 2.72. The minimum atomic E-state index is -0.690. The molecule has 1 aromatic rings. The molecule has 0 heterocycles. The van der Waals surface area contributed by atoms with Crippen molar-refractivity contribution in [1.82, 2.24) is 0 Å². The highest BCUT2D eigenvalue weighted by molar-refractivity contribution is 7.80. The molecule has 0 aromatic heterocycles. The predicted molar refractivity (Wildman–Crippen MR) is 71.8 cm³/mol. The van der Waals surface area contributed by atoms with E-state index in [2.05, 4.69) is 17.5 Å². The Labute approximate surface area is 110 Å². The van der Waals surface area contributed by atoms with Crippen molar-refractivity contribution in [1.29, 1.82) is 0 Å². The summed E-state index contributed by atoms with van der Waals surface area (Å²) in [7, 11) is 1.61. The van der Waals surface area contributed by atoms with Gasteiger partial charge in [-0.05, 0) is 25.0 Å². The lowest BCUT2D eigenvalue weighted by atomic mass is 10.2. The molecule has 0 aliphatic rings. The van der Waals surface area contributed by atoms with Gasteiger partial charge in [-0.2, -0.15) is 0 Å². The Kier molecular flexibility index (Phi) is 5.94. The molecule has 1 aromatic carbocycles. The maximum Gasteiger partial charge on any atom is 0.150 e. The van der Waals surface area contributed by atoms with E-state index >= 15 is 0 Å². The summed E-state index contributed by atoms with van der Waals surface area (Å²) in [5.74, 6) is -1.38. The Balaban J connectivity index is 2.63. The number of halogens is 2. The highest BCUT2D eigenvalue weighted by Gasteiger charge is 2.11. The minimum absolute atomic E-state index is 0.0283. The standard InChI is InChI=1S/C12H16F2N2OS/c1-17-5-3-2-4-16-11-9(13)6-8(12(15)18)7-10(11)14/h6-7,16H,2-5H2,1H3,(H2,15,18). The average molecular weight is 274 g/mol. The molecule has 0 fully saturated rings. The van der Waals surface area contributed by atoms with Crippen molar-refractivity contribution in [2.45, 2.75) is 12.8 Å². The summed E-state index contributed by atoms with van der Waals surface area (Å²) in [5.41, 5.74) is 5.36. The molecule has 0 unspecified atom stereocenters. The summed E-state index contributed by atoms with van der Waals surface area (Å²) in [6, 6.07) is 2.26. The van der Waals surface area contributed by atoms with Crippen LogP contribution in [0.5, 0.6) is 0 Å². The van der Waals surface area contributed by atoms with Crippen LogP contribution in [-0.4, -0.2) is 25.2 Å². The number of benzene rings is 1. The van der Waals surface area contributed by atoms with Gasteiger partial charge in [-0.15, -0.1) is 0 Å². The number of ether oxygens (including phenoxy) is 1. The molecule has 0 saturated carbocycles. The SMILES string of the molecule is COCCCCNc1c(F)cc(C(N)=S)cc1F. The van der Waals surface area contributed by atoms with Gasteiger partial charge in [0, 0.05) is 25.8 Å². The smallest absolute Gasteiger partial charge is 0.150 e. The predicted octanol–water partition coefficient (Wildman–Crippen LogP) is 2.44. The highest BCUT2D eigenvalue weighted by Crippen LogP contribution is 2.20. The van der Waals surface area contributed by atoms with Crippen molar-refractivity contribution in [3.63, 3.8) is 0 Å². The molecule has 0 aliphatic carbocycles. The molecular formula is C12H16F2N2OS. The highest BCUT2D eigenvalue weighted by atomic mass is 32.1. The fourth-order valence-electron chi connectivity index (χ4n) is 1.47. The molecule has 0 radical (unpaired) electrons. The van der Waals surface area contributed by atoms with E-state index in [1.807, 2.05) is 0 Å². The number of nitrogens with two attached hydrogens (primary N) is 1. The first-order valence-corrected chi connectivity index (χ1v) is 5.98. The number of methoxy groups -OCH3 is 1. The molecule has 18 heavy (non-hydrogen) atoms. The van der Waals surface area contributed by atoms with E-state index in [1.165, 1.54) is 0 Å². The van der Waals surface area contributed by atoms with Gasteiger partial charge in [0.15, 0.2) is 0 Å². The van der Waals surface area contributed by atoms with Gasteiger partial charge in [0.1, 0.15) is 22.3 Å². The zero-order valence-corrected chi connectivity index (χ0v) is 10.9. The molecular weight excluding hydrogens is 258 g/mol. The van der Waals surface area contributed by atoms with Crippen molar-refractivity contribution in [3.8, 4) is 0 Å². The fourth-order valence-corrected chi connectivity index (χ4v) is 1.59. The van der Waals surface area contributed by atoms with Crippen LogP contribution in [-0.2, 0) is 4.74 Å². The van der Waals surface area contributed by atoms with Crippen molar-refractivity contribution < 1.29 is 13.5 Å². The van der Waals surface area contributed by atoms with Gasteiger partial charge < -0.3 is 15.8 Å². The summed E-state index contributed by atoms with van der Waals surface area (Å²) >= 11 is 4.67. The number of nitrogens with one attached hydrogen (secondary N) is 1. The lowest BCUT2D eigenvalue weighted by Crippen LogP contribution is -2.12. The van der Waals surface area contributed by atoms with Crippen LogP contribution in [0.2, 0.25) is 0 Å². The van der Waals surface area contributed by atoms with Gasteiger partial charge in [0.2, 0.25) is 0 Å². The first-order chi connectivity index (χ1) is 8.56. The fraction of sp³-hybridized carbons (Fsp3) is 0.417. The average Bonchev–Trinajstić information content (AvgIpc) is 2.31. The molecule has 1 rings (SSSR count). The van der Waals surface area contributed by atoms with Crippen LogP contribution in [0, 0.1) is 11.6 Å². The maximum absolute atomic E-state index is 13.6. The van der Waals surface area contributed by atoms with Crippen molar-refractivity contribution in [2.24, 2.45) is 5.73 Å². The van der Waals surface area contributed by atoms with Crippen molar-refractivity contribution in [3.05, 3.63) is 29.3 Å². The van der Waals surface area contributed by atoms with E-state index in [0.717, 1.165) is 25.0 Å². The molecule has 0 bridgehead atoms. The van der Waals surface area contributed by atoms with Crippen LogP contribution < -0.4 is 11.1 Å². The van der Waals surface area contributed by atoms with E-state index in [-0.39, 0.29) is 16.2 Å².